The lowest BCUT2D eigenvalue weighted by Gasteiger charge is -2.35. The third-order valence-electron chi connectivity index (χ3n) is 3.67. The lowest BCUT2D eigenvalue weighted by Crippen LogP contribution is -2.55. The second-order valence-corrected chi connectivity index (χ2v) is 5.26. The van der Waals surface area contributed by atoms with Gasteiger partial charge in [-0.1, -0.05) is 0 Å². The fourth-order valence-corrected chi connectivity index (χ4v) is 2.37. The number of carbonyl (C=O) groups excluding carboxylic acids is 2. The Bertz CT molecular complexity index is 402. The van der Waals surface area contributed by atoms with E-state index >= 15 is 0 Å². The zero-order chi connectivity index (χ0) is 14.7. The van der Waals surface area contributed by atoms with Crippen molar-refractivity contribution in [3.05, 3.63) is 0 Å². The molecule has 2 aliphatic rings. The van der Waals surface area contributed by atoms with Gasteiger partial charge in [0.25, 0.3) is 0 Å². The Morgan fingerprint density at radius 2 is 1.80 bits per heavy atom. The summed E-state index contributed by atoms with van der Waals surface area (Å²) in [5.41, 5.74) is 4.97. The quantitative estimate of drug-likeness (QED) is 0.586. The molecule has 0 aromatic carbocycles. The molecular formula is C12H20N4O4. The van der Waals surface area contributed by atoms with Gasteiger partial charge in [0.15, 0.2) is 0 Å². The van der Waals surface area contributed by atoms with Crippen LogP contribution in [0.1, 0.15) is 19.3 Å². The predicted molar refractivity (Wildman–Crippen MR) is 69.9 cm³/mol. The summed E-state index contributed by atoms with van der Waals surface area (Å²) in [5, 5.41) is 11.3. The highest BCUT2D eigenvalue weighted by atomic mass is 16.4. The Hall–Kier alpha value is -1.83. The summed E-state index contributed by atoms with van der Waals surface area (Å²) >= 11 is 0. The van der Waals surface area contributed by atoms with E-state index in [-0.39, 0.29) is 0 Å². The molecule has 1 saturated carbocycles. The van der Waals surface area contributed by atoms with E-state index in [1.165, 1.54) is 12.8 Å². The van der Waals surface area contributed by atoms with Crippen LogP contribution in [0.3, 0.4) is 0 Å². The van der Waals surface area contributed by atoms with Crippen molar-refractivity contribution >= 4 is 17.9 Å². The Morgan fingerprint density at radius 1 is 1.20 bits per heavy atom. The van der Waals surface area contributed by atoms with E-state index in [1.54, 1.807) is 4.90 Å². The SMILES string of the molecule is NC(=O)C[C@H](NC(=O)N1CCN(C2CC2)CC1)C(=O)O. The number of hydrogen-bond acceptors (Lipinski definition) is 4. The van der Waals surface area contributed by atoms with Crippen molar-refractivity contribution in [2.24, 2.45) is 5.73 Å². The topological polar surface area (TPSA) is 116 Å². The molecule has 0 bridgehead atoms. The molecule has 8 heteroatoms. The van der Waals surface area contributed by atoms with E-state index in [1.807, 2.05) is 0 Å². The lowest BCUT2D eigenvalue weighted by atomic mass is 10.2. The number of nitrogens with two attached hydrogens (primary N) is 1. The van der Waals surface area contributed by atoms with E-state index in [9.17, 15) is 14.4 Å². The molecule has 3 amide bonds. The number of primary amides is 1. The number of piperazine rings is 1. The lowest BCUT2D eigenvalue weighted by molar-refractivity contribution is -0.141. The molecule has 0 unspecified atom stereocenters. The smallest absolute Gasteiger partial charge is 0.326 e. The van der Waals surface area contributed by atoms with Gasteiger partial charge in [-0.15, -0.1) is 0 Å². The van der Waals surface area contributed by atoms with E-state index in [0.29, 0.717) is 19.1 Å². The highest BCUT2D eigenvalue weighted by Gasteiger charge is 2.33. The van der Waals surface area contributed by atoms with Gasteiger partial charge in [0, 0.05) is 32.2 Å². The number of amides is 3. The fraction of sp³-hybridized carbons (Fsp3) is 0.750. The van der Waals surface area contributed by atoms with Crippen molar-refractivity contribution < 1.29 is 19.5 Å². The van der Waals surface area contributed by atoms with Crippen LogP contribution in [-0.4, -0.2) is 71.1 Å². The van der Waals surface area contributed by atoms with E-state index in [4.69, 9.17) is 10.8 Å². The van der Waals surface area contributed by atoms with Crippen LogP contribution in [0.25, 0.3) is 0 Å². The zero-order valence-electron chi connectivity index (χ0n) is 11.2. The van der Waals surface area contributed by atoms with Crippen LogP contribution < -0.4 is 11.1 Å². The van der Waals surface area contributed by atoms with E-state index in [0.717, 1.165) is 13.1 Å². The predicted octanol–water partition coefficient (Wildman–Crippen LogP) is -1.20. The first-order valence-electron chi connectivity index (χ1n) is 6.78. The Labute approximate surface area is 116 Å². The first-order valence-corrected chi connectivity index (χ1v) is 6.78. The molecule has 1 atom stereocenters. The number of aliphatic carboxylic acids is 1. The molecule has 1 aliphatic carbocycles. The molecule has 0 spiro atoms. The summed E-state index contributed by atoms with van der Waals surface area (Å²) in [4.78, 5) is 37.6. The number of carboxylic acid groups (broad SMARTS) is 1. The molecule has 0 aromatic rings. The van der Waals surface area contributed by atoms with Crippen molar-refractivity contribution in [3.8, 4) is 0 Å². The monoisotopic (exact) mass is 284 g/mol. The summed E-state index contributed by atoms with van der Waals surface area (Å²) in [6.07, 6.45) is 2.06. The molecule has 4 N–H and O–H groups in total. The van der Waals surface area contributed by atoms with Crippen LogP contribution in [-0.2, 0) is 9.59 Å². The van der Waals surface area contributed by atoms with Crippen molar-refractivity contribution in [1.82, 2.24) is 15.1 Å². The second-order valence-electron chi connectivity index (χ2n) is 5.26. The van der Waals surface area contributed by atoms with Crippen LogP contribution in [0.2, 0.25) is 0 Å². The molecule has 112 valence electrons. The minimum absolute atomic E-state index is 0.400. The van der Waals surface area contributed by atoms with Gasteiger partial charge >= 0.3 is 12.0 Å². The van der Waals surface area contributed by atoms with Crippen molar-refractivity contribution in [3.63, 3.8) is 0 Å². The maximum absolute atomic E-state index is 12.0. The maximum atomic E-state index is 12.0. The highest BCUT2D eigenvalue weighted by Crippen LogP contribution is 2.27. The van der Waals surface area contributed by atoms with Crippen molar-refractivity contribution in [2.75, 3.05) is 26.2 Å². The van der Waals surface area contributed by atoms with Crippen LogP contribution in [0, 0.1) is 0 Å². The normalized spacial score (nSPS) is 21.3. The Morgan fingerprint density at radius 3 is 2.25 bits per heavy atom. The van der Waals surface area contributed by atoms with Gasteiger partial charge in [-0.3, -0.25) is 9.69 Å². The third-order valence-corrected chi connectivity index (χ3v) is 3.67. The minimum Gasteiger partial charge on any atom is -0.480 e. The molecule has 20 heavy (non-hydrogen) atoms. The van der Waals surface area contributed by atoms with Crippen LogP contribution in [0.5, 0.6) is 0 Å². The number of nitrogens with zero attached hydrogens (tertiary/aromatic N) is 2. The van der Waals surface area contributed by atoms with Crippen molar-refractivity contribution in [2.45, 2.75) is 31.3 Å². The summed E-state index contributed by atoms with van der Waals surface area (Å²) in [6, 6.07) is -1.04. The number of carbonyl (C=O) groups is 3. The first kappa shape index (κ1) is 14.6. The molecule has 0 aromatic heterocycles. The number of hydrogen-bond donors (Lipinski definition) is 3. The molecule has 8 nitrogen and oxygen atoms in total. The minimum atomic E-state index is -1.26. The second kappa shape index (κ2) is 6.08. The van der Waals surface area contributed by atoms with Gasteiger partial charge in [-0.25, -0.2) is 9.59 Å². The van der Waals surface area contributed by atoms with Gasteiger partial charge in [-0.05, 0) is 12.8 Å². The molecule has 0 radical (unpaired) electrons. The molecule has 1 heterocycles. The van der Waals surface area contributed by atoms with Gasteiger partial charge in [0.1, 0.15) is 6.04 Å². The van der Waals surface area contributed by atoms with Gasteiger partial charge in [-0.2, -0.15) is 0 Å². The van der Waals surface area contributed by atoms with Crippen molar-refractivity contribution in [1.29, 1.82) is 0 Å². The summed E-state index contributed by atoms with van der Waals surface area (Å²) < 4.78 is 0. The average Bonchev–Trinajstić information content (AvgIpc) is 3.21. The van der Waals surface area contributed by atoms with Crippen LogP contribution in [0.15, 0.2) is 0 Å². The highest BCUT2D eigenvalue weighted by molar-refractivity contribution is 5.87. The Balaban J connectivity index is 1.81. The van der Waals surface area contributed by atoms with Gasteiger partial charge in [0.05, 0.1) is 6.42 Å². The molecular weight excluding hydrogens is 264 g/mol. The number of rotatable bonds is 5. The molecule has 1 aliphatic heterocycles. The van der Waals surface area contributed by atoms with E-state index < -0.39 is 30.4 Å². The summed E-state index contributed by atoms with van der Waals surface area (Å²) in [7, 11) is 0. The molecule has 2 rings (SSSR count). The fourth-order valence-electron chi connectivity index (χ4n) is 2.37. The number of carboxylic acids is 1. The van der Waals surface area contributed by atoms with Crippen LogP contribution >= 0.6 is 0 Å². The largest absolute Gasteiger partial charge is 0.480 e. The molecule has 2 fully saturated rings. The zero-order valence-corrected chi connectivity index (χ0v) is 11.2. The maximum Gasteiger partial charge on any atom is 0.326 e. The molecule has 1 saturated heterocycles. The third kappa shape index (κ3) is 3.83. The van der Waals surface area contributed by atoms with E-state index in [2.05, 4.69) is 10.2 Å². The standard InChI is InChI=1S/C12H20N4O4/c13-10(17)7-9(11(18)19)14-12(20)16-5-3-15(4-6-16)8-1-2-8/h8-9H,1-7H2,(H2,13,17)(H,14,20)(H,18,19)/t9-/m0/s1. The summed E-state index contributed by atoms with van der Waals surface area (Å²) in [6.45, 7) is 2.77. The number of nitrogens with one attached hydrogen (secondary N) is 1. The first-order chi connectivity index (χ1) is 9.47. The Kier molecular flexibility index (Phi) is 4.43. The van der Waals surface area contributed by atoms with Crippen LogP contribution in [0.4, 0.5) is 4.79 Å². The number of urea groups is 1. The summed E-state index contributed by atoms with van der Waals surface area (Å²) in [5.74, 6) is -2.01. The van der Waals surface area contributed by atoms with Gasteiger partial charge < -0.3 is 21.1 Å². The average molecular weight is 284 g/mol. The van der Waals surface area contributed by atoms with Gasteiger partial charge in [0.2, 0.25) is 5.91 Å².